The van der Waals surface area contributed by atoms with E-state index in [1.807, 2.05) is 45.0 Å². The average molecular weight is 553 g/mol. The van der Waals surface area contributed by atoms with Gasteiger partial charge in [-0.2, -0.15) is 0 Å². The van der Waals surface area contributed by atoms with Gasteiger partial charge < -0.3 is 20.3 Å². The summed E-state index contributed by atoms with van der Waals surface area (Å²) in [6, 6.07) is 17.9. The molecule has 1 fully saturated rings. The average Bonchev–Trinajstić information content (AvgIpc) is 2.98. The van der Waals surface area contributed by atoms with Crippen molar-refractivity contribution in [2.45, 2.75) is 52.2 Å². The van der Waals surface area contributed by atoms with Gasteiger partial charge in [-0.15, -0.1) is 0 Å². The predicted molar refractivity (Wildman–Crippen MR) is 159 cm³/mol. The van der Waals surface area contributed by atoms with Crippen LogP contribution >= 0.6 is 0 Å². The van der Waals surface area contributed by atoms with Gasteiger partial charge >= 0.3 is 5.97 Å². The largest absolute Gasteiger partial charge is 0.463 e. The molecule has 5 rings (SSSR count). The van der Waals surface area contributed by atoms with Crippen LogP contribution in [0.4, 0.5) is 17.3 Å². The summed E-state index contributed by atoms with van der Waals surface area (Å²) in [7, 11) is 0. The topological polar surface area (TPSA) is 118 Å². The van der Waals surface area contributed by atoms with E-state index in [-0.39, 0.29) is 18.1 Å². The molecule has 10 nitrogen and oxygen atoms in total. The third-order valence-corrected chi connectivity index (χ3v) is 7.02. The number of nitrogens with zero attached hydrogens (tertiary/aromatic N) is 6. The molecule has 0 saturated carbocycles. The molecule has 2 atom stereocenters. The van der Waals surface area contributed by atoms with Crippen LogP contribution in [0.3, 0.4) is 0 Å². The van der Waals surface area contributed by atoms with Gasteiger partial charge in [0.1, 0.15) is 23.2 Å². The van der Waals surface area contributed by atoms with E-state index in [1.165, 1.54) is 0 Å². The quantitative estimate of drug-likeness (QED) is 0.273. The zero-order chi connectivity index (χ0) is 28.6. The van der Waals surface area contributed by atoms with Crippen molar-refractivity contribution in [3.05, 3.63) is 84.1 Å². The van der Waals surface area contributed by atoms with E-state index in [4.69, 9.17) is 9.72 Å². The van der Waals surface area contributed by atoms with Gasteiger partial charge in [0.2, 0.25) is 0 Å². The summed E-state index contributed by atoms with van der Waals surface area (Å²) >= 11 is 0. The smallest absolute Gasteiger partial charge is 0.308 e. The lowest BCUT2D eigenvalue weighted by molar-refractivity contribution is -0.148. The molecule has 1 unspecified atom stereocenters. The number of piperazine rings is 1. The monoisotopic (exact) mass is 552 g/mol. The first-order chi connectivity index (χ1) is 20.0. The number of ether oxygens (including phenoxy) is 1. The van der Waals surface area contributed by atoms with Crippen LogP contribution in [-0.2, 0) is 16.0 Å². The van der Waals surface area contributed by atoms with Crippen molar-refractivity contribution in [2.24, 2.45) is 0 Å². The first-order valence-corrected chi connectivity index (χ1v) is 14.1. The molecule has 0 spiro atoms. The Balaban J connectivity index is 1.23. The normalized spacial score (nSPS) is 15.8. The lowest BCUT2D eigenvalue weighted by Gasteiger charge is -2.37. The van der Waals surface area contributed by atoms with Crippen LogP contribution in [0.15, 0.2) is 67.0 Å². The summed E-state index contributed by atoms with van der Waals surface area (Å²) in [6.45, 7) is 8.35. The molecule has 0 radical (unpaired) electrons. The van der Waals surface area contributed by atoms with Crippen molar-refractivity contribution in [2.75, 3.05) is 29.9 Å². The number of aromatic nitrogens is 5. The number of benzene rings is 1. The van der Waals surface area contributed by atoms with Crippen LogP contribution in [0.25, 0.3) is 11.5 Å². The number of aryl methyl sites for hydroxylation is 1. The van der Waals surface area contributed by atoms with Gasteiger partial charge in [-0.3, -0.25) is 4.79 Å². The summed E-state index contributed by atoms with van der Waals surface area (Å²) in [5, 5.41) is 6.67. The summed E-state index contributed by atoms with van der Waals surface area (Å²) < 4.78 is 5.53. The SMILES string of the molecule is CC[C@@H](C)OC(=O)CC1CNCCN1c1ccc(Cc2nccc(Nc3ccnc(-c4cccc(C)n4)n3)n2)cc1. The summed E-state index contributed by atoms with van der Waals surface area (Å²) in [4.78, 5) is 37.4. The van der Waals surface area contributed by atoms with Crippen LogP contribution in [-0.4, -0.2) is 62.7 Å². The fourth-order valence-corrected chi connectivity index (χ4v) is 4.72. The minimum absolute atomic E-state index is 0.0567. The minimum atomic E-state index is -0.148. The van der Waals surface area contributed by atoms with E-state index >= 15 is 0 Å². The summed E-state index contributed by atoms with van der Waals surface area (Å²) in [6.07, 6.45) is 5.16. The molecule has 0 amide bonds. The zero-order valence-electron chi connectivity index (χ0n) is 23.7. The van der Waals surface area contributed by atoms with Gasteiger partial charge in [-0.25, -0.2) is 24.9 Å². The second kappa shape index (κ2) is 13.3. The summed E-state index contributed by atoms with van der Waals surface area (Å²) in [5.74, 6) is 2.38. The highest BCUT2D eigenvalue weighted by molar-refractivity contribution is 5.71. The molecule has 10 heteroatoms. The third kappa shape index (κ3) is 7.61. The first kappa shape index (κ1) is 28.1. The standard InChI is InChI=1S/C31H36N8O2/c1-4-22(3)41-30(40)19-25-20-32-16-17-39(25)24-10-8-23(9-11-24)18-29-33-14-12-27(37-29)36-28-13-15-34-31(38-28)26-7-5-6-21(2)35-26/h5-15,22,25,32H,4,16-20H2,1-3H3,(H,33,34,36,37,38)/t22-,25?/m1/s1. The predicted octanol–water partition coefficient (Wildman–Crippen LogP) is 4.48. The van der Waals surface area contributed by atoms with E-state index in [2.05, 4.69) is 59.7 Å². The maximum atomic E-state index is 12.4. The van der Waals surface area contributed by atoms with Crippen molar-refractivity contribution in [3.63, 3.8) is 0 Å². The van der Waals surface area contributed by atoms with Crippen molar-refractivity contribution in [3.8, 4) is 11.5 Å². The van der Waals surface area contributed by atoms with E-state index in [9.17, 15) is 4.79 Å². The molecule has 4 aromatic rings. The molecule has 1 saturated heterocycles. The summed E-state index contributed by atoms with van der Waals surface area (Å²) in [5.41, 5.74) is 3.82. The maximum absolute atomic E-state index is 12.4. The Bertz CT molecular complexity index is 1460. The number of esters is 1. The van der Waals surface area contributed by atoms with E-state index in [1.54, 1.807) is 18.5 Å². The highest BCUT2D eigenvalue weighted by Crippen LogP contribution is 2.23. The number of rotatable bonds is 10. The van der Waals surface area contributed by atoms with Gasteiger partial charge in [0.05, 0.1) is 18.6 Å². The second-order valence-corrected chi connectivity index (χ2v) is 10.2. The number of carbonyl (C=O) groups excluding carboxylic acids is 1. The number of pyridine rings is 1. The van der Waals surface area contributed by atoms with Crippen LogP contribution in [0, 0.1) is 6.92 Å². The van der Waals surface area contributed by atoms with Crippen LogP contribution < -0.4 is 15.5 Å². The van der Waals surface area contributed by atoms with E-state index in [0.29, 0.717) is 36.1 Å². The molecule has 2 N–H and O–H groups in total. The number of hydrogen-bond acceptors (Lipinski definition) is 10. The molecule has 1 aliphatic rings. The highest BCUT2D eigenvalue weighted by Gasteiger charge is 2.26. The molecule has 41 heavy (non-hydrogen) atoms. The number of carbonyl (C=O) groups is 1. The molecule has 0 aliphatic carbocycles. The van der Waals surface area contributed by atoms with Gasteiger partial charge in [-0.05, 0) is 62.2 Å². The molecular formula is C31H36N8O2. The number of anilines is 3. The van der Waals surface area contributed by atoms with Gasteiger partial charge in [0, 0.05) is 49.8 Å². The fourth-order valence-electron chi connectivity index (χ4n) is 4.72. The van der Waals surface area contributed by atoms with Crippen LogP contribution in [0.5, 0.6) is 0 Å². The van der Waals surface area contributed by atoms with Crippen molar-refractivity contribution >= 4 is 23.3 Å². The number of hydrogen-bond donors (Lipinski definition) is 2. The minimum Gasteiger partial charge on any atom is -0.463 e. The molecule has 1 aromatic carbocycles. The van der Waals surface area contributed by atoms with Crippen molar-refractivity contribution in [1.82, 2.24) is 30.2 Å². The fraction of sp³-hybridized carbons (Fsp3) is 0.355. The van der Waals surface area contributed by atoms with Crippen molar-refractivity contribution in [1.29, 1.82) is 0 Å². The Morgan fingerprint density at radius 1 is 1.05 bits per heavy atom. The molecule has 0 bridgehead atoms. The zero-order valence-corrected chi connectivity index (χ0v) is 23.7. The Hall–Kier alpha value is -4.44. The Morgan fingerprint density at radius 2 is 1.83 bits per heavy atom. The van der Waals surface area contributed by atoms with Crippen LogP contribution in [0.1, 0.15) is 43.8 Å². The Labute approximate surface area is 240 Å². The molecule has 3 aromatic heterocycles. The third-order valence-electron chi connectivity index (χ3n) is 7.02. The van der Waals surface area contributed by atoms with E-state index < -0.39 is 0 Å². The Morgan fingerprint density at radius 3 is 2.61 bits per heavy atom. The Kier molecular flexibility index (Phi) is 9.10. The molecule has 1 aliphatic heterocycles. The number of nitrogens with one attached hydrogen (secondary N) is 2. The van der Waals surface area contributed by atoms with Crippen molar-refractivity contribution < 1.29 is 9.53 Å². The van der Waals surface area contributed by atoms with Gasteiger partial charge in [0.25, 0.3) is 0 Å². The molecular weight excluding hydrogens is 516 g/mol. The van der Waals surface area contributed by atoms with E-state index in [0.717, 1.165) is 48.7 Å². The molecule has 212 valence electrons. The highest BCUT2D eigenvalue weighted by atomic mass is 16.5. The maximum Gasteiger partial charge on any atom is 0.308 e. The second-order valence-electron chi connectivity index (χ2n) is 10.2. The first-order valence-electron chi connectivity index (χ1n) is 14.1. The lowest BCUT2D eigenvalue weighted by atomic mass is 10.1. The van der Waals surface area contributed by atoms with Crippen LogP contribution in [0.2, 0.25) is 0 Å². The van der Waals surface area contributed by atoms with Gasteiger partial charge in [-0.1, -0.05) is 25.1 Å². The molecule has 4 heterocycles. The lowest BCUT2D eigenvalue weighted by Crippen LogP contribution is -2.52. The van der Waals surface area contributed by atoms with Gasteiger partial charge in [0.15, 0.2) is 5.82 Å².